The lowest BCUT2D eigenvalue weighted by Gasteiger charge is -2.07. The van der Waals surface area contributed by atoms with Crippen LogP contribution in [0.15, 0.2) is 42.6 Å². The maximum Gasteiger partial charge on any atom is 0.251 e. The molecule has 1 aromatic carbocycles. The summed E-state index contributed by atoms with van der Waals surface area (Å²) in [5.41, 5.74) is 3.13. The van der Waals surface area contributed by atoms with Gasteiger partial charge in [-0.2, -0.15) is 0 Å². The minimum absolute atomic E-state index is 0.173. The van der Waals surface area contributed by atoms with Crippen molar-refractivity contribution in [3.8, 4) is 11.8 Å². The Morgan fingerprint density at radius 2 is 2.19 bits per heavy atom. The second-order valence-electron chi connectivity index (χ2n) is 4.49. The van der Waals surface area contributed by atoms with Gasteiger partial charge in [-0.1, -0.05) is 24.0 Å². The smallest absolute Gasteiger partial charge is 0.251 e. The summed E-state index contributed by atoms with van der Waals surface area (Å²) in [5, 5.41) is 11.5. The van der Waals surface area contributed by atoms with E-state index in [1.54, 1.807) is 30.5 Å². The first-order valence-electron chi connectivity index (χ1n) is 6.59. The van der Waals surface area contributed by atoms with Gasteiger partial charge in [0.1, 0.15) is 6.61 Å². The van der Waals surface area contributed by atoms with Crippen LogP contribution < -0.4 is 5.32 Å². The minimum atomic E-state index is -0.199. The molecule has 21 heavy (non-hydrogen) atoms. The molecule has 2 aromatic rings. The number of carbonyl (C=O) groups is 1. The molecule has 4 heteroatoms. The van der Waals surface area contributed by atoms with Crippen LogP contribution in [0, 0.1) is 18.8 Å². The number of hydrogen-bond donors (Lipinski definition) is 2. The fourth-order valence-electron chi connectivity index (χ4n) is 1.85. The lowest BCUT2D eigenvalue weighted by Crippen LogP contribution is -2.23. The van der Waals surface area contributed by atoms with Crippen molar-refractivity contribution < 1.29 is 9.90 Å². The van der Waals surface area contributed by atoms with Crippen LogP contribution in [0.2, 0.25) is 0 Å². The summed E-state index contributed by atoms with van der Waals surface area (Å²) in [5.74, 6) is 5.17. The Morgan fingerprint density at radius 1 is 1.33 bits per heavy atom. The van der Waals surface area contributed by atoms with Crippen LogP contribution in [0.5, 0.6) is 0 Å². The van der Waals surface area contributed by atoms with Crippen LogP contribution in [-0.4, -0.2) is 22.6 Å². The summed E-state index contributed by atoms with van der Waals surface area (Å²) in [6, 6.07) is 10.8. The van der Waals surface area contributed by atoms with E-state index in [4.69, 9.17) is 5.11 Å². The predicted molar refractivity (Wildman–Crippen MR) is 80.6 cm³/mol. The third kappa shape index (κ3) is 4.16. The first kappa shape index (κ1) is 14.8. The molecule has 0 unspecified atom stereocenters. The Bertz CT molecular complexity index is 699. The lowest BCUT2D eigenvalue weighted by molar-refractivity contribution is 0.0950. The Kier molecular flexibility index (Phi) is 5.08. The normalized spacial score (nSPS) is 9.62. The van der Waals surface area contributed by atoms with E-state index in [0.717, 1.165) is 11.3 Å². The van der Waals surface area contributed by atoms with Gasteiger partial charge in [0.25, 0.3) is 5.91 Å². The van der Waals surface area contributed by atoms with Crippen LogP contribution >= 0.6 is 0 Å². The van der Waals surface area contributed by atoms with Crippen molar-refractivity contribution in [3.63, 3.8) is 0 Å². The molecule has 1 amide bonds. The molecule has 106 valence electrons. The molecule has 0 fully saturated rings. The zero-order valence-electron chi connectivity index (χ0n) is 11.8. The number of amides is 1. The third-order valence-corrected chi connectivity index (χ3v) is 2.97. The number of carbonyl (C=O) groups excluding carboxylic acids is 1. The van der Waals surface area contributed by atoms with Gasteiger partial charge in [0.05, 0.1) is 12.2 Å². The number of nitrogens with one attached hydrogen (secondary N) is 1. The van der Waals surface area contributed by atoms with Crippen molar-refractivity contribution in [1.82, 2.24) is 10.3 Å². The van der Waals surface area contributed by atoms with Crippen molar-refractivity contribution in [2.75, 3.05) is 6.61 Å². The fourth-order valence-corrected chi connectivity index (χ4v) is 1.85. The number of aromatic nitrogens is 1. The third-order valence-electron chi connectivity index (χ3n) is 2.97. The molecule has 0 spiro atoms. The molecule has 2 N–H and O–H groups in total. The SMILES string of the molecule is Cc1cccnc1CNC(=O)c1cccc(C#CCO)c1. The summed E-state index contributed by atoms with van der Waals surface area (Å²) in [7, 11) is 0. The molecule has 0 aliphatic heterocycles. The molecular weight excluding hydrogens is 264 g/mol. The summed E-state index contributed by atoms with van der Waals surface area (Å²) >= 11 is 0. The molecule has 0 saturated heterocycles. The Balaban J connectivity index is 2.05. The summed E-state index contributed by atoms with van der Waals surface area (Å²) in [6.45, 7) is 2.15. The molecular formula is C17H16N2O2. The van der Waals surface area contributed by atoms with Gasteiger partial charge in [0.2, 0.25) is 0 Å². The number of aryl methyl sites for hydroxylation is 1. The van der Waals surface area contributed by atoms with E-state index in [1.165, 1.54) is 0 Å². The highest BCUT2D eigenvalue weighted by Gasteiger charge is 2.06. The van der Waals surface area contributed by atoms with Crippen molar-refractivity contribution >= 4 is 5.91 Å². The van der Waals surface area contributed by atoms with Crippen molar-refractivity contribution in [2.24, 2.45) is 0 Å². The number of benzene rings is 1. The zero-order valence-corrected chi connectivity index (χ0v) is 11.8. The van der Waals surface area contributed by atoms with E-state index in [2.05, 4.69) is 22.1 Å². The van der Waals surface area contributed by atoms with Crippen molar-refractivity contribution in [2.45, 2.75) is 13.5 Å². The highest BCUT2D eigenvalue weighted by molar-refractivity contribution is 5.94. The predicted octanol–water partition coefficient (Wildman–Crippen LogP) is 1.66. The highest BCUT2D eigenvalue weighted by atomic mass is 16.2. The molecule has 0 aliphatic rings. The Morgan fingerprint density at radius 3 is 2.95 bits per heavy atom. The average molecular weight is 280 g/mol. The number of nitrogens with zero attached hydrogens (tertiary/aromatic N) is 1. The topological polar surface area (TPSA) is 62.2 Å². The van der Waals surface area contributed by atoms with Gasteiger partial charge in [-0.05, 0) is 36.8 Å². The van der Waals surface area contributed by atoms with E-state index in [0.29, 0.717) is 17.7 Å². The van der Waals surface area contributed by atoms with E-state index in [-0.39, 0.29) is 12.5 Å². The summed E-state index contributed by atoms with van der Waals surface area (Å²) in [6.07, 6.45) is 1.71. The summed E-state index contributed by atoms with van der Waals surface area (Å²) < 4.78 is 0. The number of aliphatic hydroxyl groups is 1. The van der Waals surface area contributed by atoms with E-state index in [9.17, 15) is 4.79 Å². The Hall–Kier alpha value is -2.64. The fraction of sp³-hybridized carbons (Fsp3) is 0.176. The lowest BCUT2D eigenvalue weighted by atomic mass is 10.1. The van der Waals surface area contributed by atoms with Gasteiger partial charge in [0, 0.05) is 17.3 Å². The minimum Gasteiger partial charge on any atom is -0.384 e. The number of rotatable bonds is 3. The Labute approximate surface area is 123 Å². The van der Waals surface area contributed by atoms with E-state index < -0.39 is 0 Å². The molecule has 0 atom stereocenters. The molecule has 2 rings (SSSR count). The van der Waals surface area contributed by atoms with Crippen molar-refractivity contribution in [3.05, 3.63) is 65.0 Å². The number of hydrogen-bond acceptors (Lipinski definition) is 3. The van der Waals surface area contributed by atoms with Crippen LogP contribution in [0.4, 0.5) is 0 Å². The van der Waals surface area contributed by atoms with Gasteiger partial charge < -0.3 is 10.4 Å². The first-order valence-corrected chi connectivity index (χ1v) is 6.59. The first-order chi connectivity index (χ1) is 10.2. The summed E-state index contributed by atoms with van der Waals surface area (Å²) in [4.78, 5) is 16.4. The molecule has 0 bridgehead atoms. The molecule has 1 heterocycles. The quantitative estimate of drug-likeness (QED) is 0.841. The van der Waals surface area contributed by atoms with E-state index in [1.807, 2.05) is 19.1 Å². The largest absolute Gasteiger partial charge is 0.384 e. The molecule has 0 saturated carbocycles. The van der Waals surface area contributed by atoms with E-state index >= 15 is 0 Å². The second-order valence-corrected chi connectivity index (χ2v) is 4.49. The zero-order chi connectivity index (χ0) is 15.1. The van der Waals surface area contributed by atoms with Crippen LogP contribution in [-0.2, 0) is 6.54 Å². The number of pyridine rings is 1. The van der Waals surface area contributed by atoms with Gasteiger partial charge >= 0.3 is 0 Å². The van der Waals surface area contributed by atoms with Crippen molar-refractivity contribution in [1.29, 1.82) is 0 Å². The van der Waals surface area contributed by atoms with Crippen LogP contribution in [0.1, 0.15) is 27.2 Å². The highest BCUT2D eigenvalue weighted by Crippen LogP contribution is 2.06. The number of aliphatic hydroxyl groups excluding tert-OH is 1. The average Bonchev–Trinajstić information content (AvgIpc) is 2.52. The maximum absolute atomic E-state index is 12.1. The monoisotopic (exact) mass is 280 g/mol. The van der Waals surface area contributed by atoms with Crippen LogP contribution in [0.3, 0.4) is 0 Å². The van der Waals surface area contributed by atoms with Gasteiger partial charge in [-0.15, -0.1) is 0 Å². The molecule has 1 aromatic heterocycles. The van der Waals surface area contributed by atoms with Gasteiger partial charge in [0.15, 0.2) is 0 Å². The molecule has 4 nitrogen and oxygen atoms in total. The maximum atomic E-state index is 12.1. The standard InChI is InChI=1S/C17H16N2O2/c1-13-5-3-9-18-16(13)12-19-17(21)15-8-2-6-14(11-15)7-4-10-20/h2-3,5-6,8-9,11,20H,10,12H2,1H3,(H,19,21). The molecule has 0 aliphatic carbocycles. The van der Waals surface area contributed by atoms with Gasteiger partial charge in [-0.3, -0.25) is 9.78 Å². The molecule has 0 radical (unpaired) electrons. The second kappa shape index (κ2) is 7.22. The van der Waals surface area contributed by atoms with Crippen LogP contribution in [0.25, 0.3) is 0 Å². The van der Waals surface area contributed by atoms with Gasteiger partial charge in [-0.25, -0.2) is 0 Å².